The normalized spacial score (nSPS) is 11.5. The van der Waals surface area contributed by atoms with E-state index in [1.807, 2.05) is 5.38 Å². The second kappa shape index (κ2) is 4.54. The van der Waals surface area contributed by atoms with Gasteiger partial charge >= 0.3 is 0 Å². The Bertz CT molecular complexity index is 333. The van der Waals surface area contributed by atoms with Crippen LogP contribution >= 0.6 is 11.3 Å². The van der Waals surface area contributed by atoms with Crippen LogP contribution in [-0.4, -0.2) is 30.3 Å². The van der Waals surface area contributed by atoms with Crippen molar-refractivity contribution in [1.82, 2.24) is 4.98 Å². The lowest BCUT2D eigenvalue weighted by molar-refractivity contribution is 0.481. The van der Waals surface area contributed by atoms with Crippen LogP contribution in [0, 0.1) is 0 Å². The van der Waals surface area contributed by atoms with Crippen LogP contribution in [0.4, 0.5) is 5.13 Å². The predicted molar refractivity (Wildman–Crippen MR) is 51.6 cm³/mol. The van der Waals surface area contributed by atoms with Crippen LogP contribution < -0.4 is 5.32 Å². The standard InChI is InChI=1S/C6H10N2O3S2/c9-13(10,11)5-1-2-7-6-8-3-4-12-6/h3-4H,1-2,5H2,(H,7,8)(H,9,10,11). The summed E-state index contributed by atoms with van der Waals surface area (Å²) < 4.78 is 29.0. The Kier molecular flexibility index (Phi) is 3.64. The van der Waals surface area contributed by atoms with Gasteiger partial charge in [0.15, 0.2) is 5.13 Å². The second-order valence-corrected chi connectivity index (χ2v) is 4.87. The number of thiazole rings is 1. The molecule has 0 atom stereocenters. The highest BCUT2D eigenvalue weighted by Gasteiger charge is 2.03. The molecule has 1 rings (SSSR count). The molecule has 1 aromatic rings. The van der Waals surface area contributed by atoms with Gasteiger partial charge in [0.25, 0.3) is 10.1 Å². The third-order valence-electron chi connectivity index (χ3n) is 1.29. The third-order valence-corrected chi connectivity index (χ3v) is 2.82. The van der Waals surface area contributed by atoms with Crippen molar-refractivity contribution in [3.8, 4) is 0 Å². The van der Waals surface area contributed by atoms with Crippen molar-refractivity contribution in [3.63, 3.8) is 0 Å². The summed E-state index contributed by atoms with van der Waals surface area (Å²) in [5.41, 5.74) is 0. The molecule has 0 aliphatic carbocycles. The molecule has 13 heavy (non-hydrogen) atoms. The third kappa shape index (κ3) is 4.81. The maximum absolute atomic E-state index is 10.3. The minimum atomic E-state index is -3.82. The topological polar surface area (TPSA) is 79.3 Å². The van der Waals surface area contributed by atoms with Crippen LogP contribution in [0.25, 0.3) is 0 Å². The fourth-order valence-corrected chi connectivity index (χ4v) is 1.83. The molecule has 0 amide bonds. The molecule has 0 bridgehead atoms. The average Bonchev–Trinajstić information content (AvgIpc) is 2.48. The van der Waals surface area contributed by atoms with Crippen molar-refractivity contribution in [2.24, 2.45) is 0 Å². The maximum atomic E-state index is 10.3. The molecule has 0 saturated heterocycles. The molecule has 0 radical (unpaired) electrons. The van der Waals surface area contributed by atoms with E-state index in [9.17, 15) is 8.42 Å². The summed E-state index contributed by atoms with van der Waals surface area (Å²) in [6, 6.07) is 0. The molecule has 1 heterocycles. The van der Waals surface area contributed by atoms with E-state index in [4.69, 9.17) is 4.55 Å². The zero-order chi connectivity index (χ0) is 9.73. The lowest BCUT2D eigenvalue weighted by Gasteiger charge is -1.99. The van der Waals surface area contributed by atoms with Crippen molar-refractivity contribution in [2.45, 2.75) is 6.42 Å². The summed E-state index contributed by atoms with van der Waals surface area (Å²) in [6.07, 6.45) is 2.04. The molecule has 0 saturated carbocycles. The second-order valence-electron chi connectivity index (χ2n) is 2.40. The Morgan fingerprint density at radius 1 is 1.62 bits per heavy atom. The van der Waals surface area contributed by atoms with Crippen molar-refractivity contribution in [2.75, 3.05) is 17.6 Å². The number of nitrogens with zero attached hydrogens (tertiary/aromatic N) is 1. The molecule has 0 aromatic carbocycles. The summed E-state index contributed by atoms with van der Waals surface area (Å²) in [5.74, 6) is -0.217. The molecule has 0 aliphatic rings. The number of hydrogen-bond acceptors (Lipinski definition) is 5. The van der Waals surface area contributed by atoms with Gasteiger partial charge in [0, 0.05) is 18.1 Å². The monoisotopic (exact) mass is 222 g/mol. The van der Waals surface area contributed by atoms with E-state index >= 15 is 0 Å². The molecular formula is C6H10N2O3S2. The number of nitrogens with one attached hydrogen (secondary N) is 1. The Labute approximate surface area is 80.6 Å². The van der Waals surface area contributed by atoms with Crippen LogP contribution in [0.2, 0.25) is 0 Å². The van der Waals surface area contributed by atoms with Gasteiger partial charge in [-0.3, -0.25) is 4.55 Å². The van der Waals surface area contributed by atoms with Crippen LogP contribution in [-0.2, 0) is 10.1 Å². The van der Waals surface area contributed by atoms with E-state index in [2.05, 4.69) is 10.3 Å². The number of aromatic nitrogens is 1. The van der Waals surface area contributed by atoms with E-state index in [1.54, 1.807) is 6.20 Å². The van der Waals surface area contributed by atoms with E-state index < -0.39 is 10.1 Å². The molecule has 7 heteroatoms. The summed E-state index contributed by atoms with van der Waals surface area (Å²) >= 11 is 1.45. The Hall–Kier alpha value is -0.660. The molecule has 0 aliphatic heterocycles. The van der Waals surface area contributed by atoms with Gasteiger partial charge in [-0.05, 0) is 6.42 Å². The summed E-state index contributed by atoms with van der Waals surface area (Å²) in [5, 5.41) is 5.51. The lowest BCUT2D eigenvalue weighted by Crippen LogP contribution is -2.09. The van der Waals surface area contributed by atoms with Gasteiger partial charge in [0.05, 0.1) is 5.75 Å². The van der Waals surface area contributed by atoms with Crippen LogP contribution in [0.15, 0.2) is 11.6 Å². The first-order chi connectivity index (χ1) is 6.08. The predicted octanol–water partition coefficient (Wildman–Crippen LogP) is 0.833. The van der Waals surface area contributed by atoms with Gasteiger partial charge in [0.2, 0.25) is 0 Å². The van der Waals surface area contributed by atoms with Gasteiger partial charge in [-0.2, -0.15) is 8.42 Å². The SMILES string of the molecule is O=S(=O)(O)CCCNc1nccs1. The number of hydrogen-bond donors (Lipinski definition) is 2. The van der Waals surface area contributed by atoms with Gasteiger partial charge in [0.1, 0.15) is 0 Å². The molecule has 5 nitrogen and oxygen atoms in total. The van der Waals surface area contributed by atoms with Crippen LogP contribution in [0.3, 0.4) is 0 Å². The van der Waals surface area contributed by atoms with E-state index in [1.165, 1.54) is 11.3 Å². The van der Waals surface area contributed by atoms with Crippen LogP contribution in [0.1, 0.15) is 6.42 Å². The first-order valence-electron chi connectivity index (χ1n) is 3.66. The summed E-state index contributed by atoms with van der Waals surface area (Å²) in [6.45, 7) is 0.493. The highest BCUT2D eigenvalue weighted by molar-refractivity contribution is 7.85. The van der Waals surface area contributed by atoms with Crippen molar-refractivity contribution in [1.29, 1.82) is 0 Å². The maximum Gasteiger partial charge on any atom is 0.264 e. The minimum absolute atomic E-state index is 0.217. The van der Waals surface area contributed by atoms with Crippen molar-refractivity contribution in [3.05, 3.63) is 11.6 Å². The zero-order valence-electron chi connectivity index (χ0n) is 6.80. The highest BCUT2D eigenvalue weighted by atomic mass is 32.2. The van der Waals surface area contributed by atoms with Crippen molar-refractivity contribution >= 4 is 26.6 Å². The first kappa shape index (κ1) is 10.4. The largest absolute Gasteiger partial charge is 0.361 e. The van der Waals surface area contributed by atoms with Crippen molar-refractivity contribution < 1.29 is 13.0 Å². The summed E-state index contributed by atoms with van der Waals surface area (Å²) in [7, 11) is -3.82. The molecule has 1 aromatic heterocycles. The fraction of sp³-hybridized carbons (Fsp3) is 0.500. The molecular weight excluding hydrogens is 212 g/mol. The average molecular weight is 222 g/mol. The molecule has 2 N–H and O–H groups in total. The molecule has 74 valence electrons. The van der Waals surface area contributed by atoms with Gasteiger partial charge in [-0.1, -0.05) is 0 Å². The Balaban J connectivity index is 2.16. The van der Waals surface area contributed by atoms with E-state index in [0.29, 0.717) is 13.0 Å². The van der Waals surface area contributed by atoms with Gasteiger partial charge in [-0.25, -0.2) is 4.98 Å². The zero-order valence-corrected chi connectivity index (χ0v) is 8.44. The molecule has 0 fully saturated rings. The van der Waals surface area contributed by atoms with Gasteiger partial charge in [-0.15, -0.1) is 11.3 Å². The summed E-state index contributed by atoms with van der Waals surface area (Å²) in [4.78, 5) is 3.95. The Morgan fingerprint density at radius 2 is 2.38 bits per heavy atom. The van der Waals surface area contributed by atoms with Crippen LogP contribution in [0.5, 0.6) is 0 Å². The fourth-order valence-electron chi connectivity index (χ4n) is 0.761. The minimum Gasteiger partial charge on any atom is -0.361 e. The quantitative estimate of drug-likeness (QED) is 0.570. The number of anilines is 1. The smallest absolute Gasteiger partial charge is 0.264 e. The molecule has 0 unspecified atom stereocenters. The molecule has 0 spiro atoms. The first-order valence-corrected chi connectivity index (χ1v) is 6.15. The Morgan fingerprint density at radius 3 is 2.92 bits per heavy atom. The van der Waals surface area contributed by atoms with E-state index in [0.717, 1.165) is 5.13 Å². The van der Waals surface area contributed by atoms with E-state index in [-0.39, 0.29) is 5.75 Å². The lowest BCUT2D eigenvalue weighted by atomic mass is 10.5. The highest BCUT2D eigenvalue weighted by Crippen LogP contribution is 2.09. The number of rotatable bonds is 5. The van der Waals surface area contributed by atoms with Gasteiger partial charge < -0.3 is 5.32 Å².